The van der Waals surface area contributed by atoms with Crippen LogP contribution in [0.5, 0.6) is 0 Å². The summed E-state index contributed by atoms with van der Waals surface area (Å²) in [5, 5.41) is 0.795. The smallest absolute Gasteiger partial charge is 0.230 e. The van der Waals surface area contributed by atoms with Crippen LogP contribution in [-0.2, 0) is 4.79 Å². The van der Waals surface area contributed by atoms with Crippen LogP contribution >= 0.6 is 11.8 Å². The van der Waals surface area contributed by atoms with E-state index in [4.69, 9.17) is 0 Å². The Morgan fingerprint density at radius 3 is 2.42 bits per heavy atom. The first-order valence-electron chi connectivity index (χ1n) is 6.42. The van der Waals surface area contributed by atoms with Gasteiger partial charge in [-0.1, -0.05) is 29.5 Å². The van der Waals surface area contributed by atoms with E-state index in [-0.39, 0.29) is 5.91 Å². The van der Waals surface area contributed by atoms with E-state index in [2.05, 4.69) is 11.6 Å². The maximum atomic E-state index is 12.0. The van der Waals surface area contributed by atoms with E-state index in [1.807, 2.05) is 32.9 Å². The first-order chi connectivity index (χ1) is 8.91. The van der Waals surface area contributed by atoms with Crippen LogP contribution in [0.3, 0.4) is 0 Å². The van der Waals surface area contributed by atoms with Crippen molar-refractivity contribution >= 4 is 22.8 Å². The second kappa shape index (κ2) is 7.34. The lowest BCUT2D eigenvalue weighted by Crippen LogP contribution is -2.33. The molecule has 0 unspecified atom stereocenters. The van der Waals surface area contributed by atoms with Crippen molar-refractivity contribution in [1.82, 2.24) is 4.90 Å². The van der Waals surface area contributed by atoms with Crippen LogP contribution in [0.2, 0.25) is 0 Å². The summed E-state index contributed by atoms with van der Waals surface area (Å²) in [5.74, 6) is 0.996. The van der Waals surface area contributed by atoms with E-state index in [1.165, 1.54) is 0 Å². The summed E-state index contributed by atoms with van der Waals surface area (Å²) >= 11 is 1.64. The Labute approximate surface area is 120 Å². The van der Waals surface area contributed by atoms with Crippen molar-refractivity contribution in [2.75, 3.05) is 12.3 Å². The molecule has 0 radical (unpaired) electrons. The van der Waals surface area contributed by atoms with Crippen molar-refractivity contribution < 1.29 is 4.79 Å². The maximum absolute atomic E-state index is 12.0. The average Bonchev–Trinajstić information content (AvgIpc) is 2.28. The molecule has 3 nitrogen and oxygen atoms in total. The van der Waals surface area contributed by atoms with Gasteiger partial charge in [-0.25, -0.2) is 0 Å². The Morgan fingerprint density at radius 2 is 2.00 bits per heavy atom. The van der Waals surface area contributed by atoms with E-state index < -0.39 is 0 Å². The van der Waals surface area contributed by atoms with Crippen LogP contribution in [0.4, 0.5) is 0 Å². The summed E-state index contributed by atoms with van der Waals surface area (Å²) < 4.78 is 0. The zero-order valence-electron chi connectivity index (χ0n) is 12.2. The number of thioether (sulfide) groups is 1. The van der Waals surface area contributed by atoms with E-state index >= 15 is 0 Å². The lowest BCUT2D eigenvalue weighted by atomic mass is 10.2. The monoisotopic (exact) mass is 278 g/mol. The molecule has 0 spiro atoms. The summed E-state index contributed by atoms with van der Waals surface area (Å²) in [6.07, 6.45) is 4.99. The number of allylic oxidation sites excluding steroid dienone is 4. The standard InChI is InChI=1S/C15H22N2OS/c1-11(2)9-14(10-12(3)4)17(13(5)18)15-16-7-6-8-19-15/h9-10H,1,6-8H2,2-5H3/b14-9+. The van der Waals surface area contributed by atoms with Gasteiger partial charge in [-0.3, -0.25) is 14.7 Å². The molecule has 0 aromatic rings. The van der Waals surface area contributed by atoms with Crippen LogP contribution in [0.25, 0.3) is 0 Å². The lowest BCUT2D eigenvalue weighted by molar-refractivity contribution is -0.123. The van der Waals surface area contributed by atoms with Crippen molar-refractivity contribution in [1.29, 1.82) is 0 Å². The Morgan fingerprint density at radius 1 is 1.32 bits per heavy atom. The van der Waals surface area contributed by atoms with Gasteiger partial charge in [-0.15, -0.1) is 0 Å². The van der Waals surface area contributed by atoms with Gasteiger partial charge in [0.15, 0.2) is 5.17 Å². The molecule has 0 saturated carbocycles. The zero-order valence-corrected chi connectivity index (χ0v) is 13.0. The Kier molecular flexibility index (Phi) is 6.09. The molecule has 0 aliphatic carbocycles. The molecule has 0 saturated heterocycles. The van der Waals surface area contributed by atoms with Gasteiger partial charge in [-0.05, 0) is 39.3 Å². The fourth-order valence-corrected chi connectivity index (χ4v) is 2.73. The number of carbonyl (C=O) groups excluding carboxylic acids is 1. The largest absolute Gasteiger partial charge is 0.274 e. The van der Waals surface area contributed by atoms with Crippen LogP contribution in [0.1, 0.15) is 34.1 Å². The number of nitrogens with zero attached hydrogens (tertiary/aromatic N) is 2. The van der Waals surface area contributed by atoms with Crippen LogP contribution in [0, 0.1) is 0 Å². The van der Waals surface area contributed by atoms with Crippen molar-refractivity contribution in [2.24, 2.45) is 4.99 Å². The molecule has 0 atom stereocenters. The summed E-state index contributed by atoms with van der Waals surface area (Å²) in [7, 11) is 0. The summed E-state index contributed by atoms with van der Waals surface area (Å²) in [6, 6.07) is 0. The van der Waals surface area contributed by atoms with Gasteiger partial charge in [-0.2, -0.15) is 0 Å². The number of hydrogen-bond acceptors (Lipinski definition) is 3. The molecule has 0 N–H and O–H groups in total. The van der Waals surface area contributed by atoms with Crippen LogP contribution < -0.4 is 0 Å². The second-order valence-corrected chi connectivity index (χ2v) is 5.92. The molecule has 1 aliphatic rings. The SMILES string of the molecule is C=C(C)/C=C(\C=C(C)C)N(C(C)=O)C1=NCCCS1. The molecule has 0 bridgehead atoms. The second-order valence-electron chi connectivity index (χ2n) is 4.86. The molecule has 0 aromatic carbocycles. The van der Waals surface area contributed by atoms with Crippen molar-refractivity contribution in [3.8, 4) is 0 Å². The Hall–Kier alpha value is -1.29. The van der Waals surface area contributed by atoms with Crippen molar-refractivity contribution in [2.45, 2.75) is 34.1 Å². The highest BCUT2D eigenvalue weighted by molar-refractivity contribution is 8.13. The van der Waals surface area contributed by atoms with Crippen LogP contribution in [-0.4, -0.2) is 28.3 Å². The predicted molar refractivity (Wildman–Crippen MR) is 84.2 cm³/mol. The maximum Gasteiger partial charge on any atom is 0.230 e. The molecule has 104 valence electrons. The minimum Gasteiger partial charge on any atom is -0.274 e. The molecular weight excluding hydrogens is 256 g/mol. The van der Waals surface area contributed by atoms with Crippen LogP contribution in [0.15, 0.2) is 40.6 Å². The van der Waals surface area contributed by atoms with Gasteiger partial charge in [0.2, 0.25) is 5.91 Å². The molecule has 1 aliphatic heterocycles. The summed E-state index contributed by atoms with van der Waals surface area (Å²) in [5.41, 5.74) is 2.90. The number of rotatable bonds is 3. The van der Waals surface area contributed by atoms with Gasteiger partial charge in [0, 0.05) is 19.2 Å². The first kappa shape index (κ1) is 15.8. The Bertz CT molecular complexity index is 457. The average molecular weight is 278 g/mol. The van der Waals surface area contributed by atoms with E-state index in [1.54, 1.807) is 23.6 Å². The minimum absolute atomic E-state index is 0.0156. The van der Waals surface area contributed by atoms with E-state index in [9.17, 15) is 4.79 Å². The number of amides is 1. The lowest BCUT2D eigenvalue weighted by Gasteiger charge is -2.26. The van der Waals surface area contributed by atoms with E-state index in [0.717, 1.165) is 40.7 Å². The number of hydrogen-bond donors (Lipinski definition) is 0. The van der Waals surface area contributed by atoms with Crippen molar-refractivity contribution in [3.05, 3.63) is 35.6 Å². The fourth-order valence-electron chi connectivity index (χ4n) is 1.73. The molecule has 0 aromatic heterocycles. The summed E-state index contributed by atoms with van der Waals surface area (Å²) in [6.45, 7) is 12.2. The predicted octanol–water partition coefficient (Wildman–Crippen LogP) is 3.75. The topological polar surface area (TPSA) is 32.7 Å². The van der Waals surface area contributed by atoms with Crippen molar-refractivity contribution in [3.63, 3.8) is 0 Å². The molecule has 19 heavy (non-hydrogen) atoms. The van der Waals surface area contributed by atoms with Gasteiger partial charge >= 0.3 is 0 Å². The Balaban J connectivity index is 3.20. The van der Waals surface area contributed by atoms with Gasteiger partial charge in [0.05, 0.1) is 5.70 Å². The first-order valence-corrected chi connectivity index (χ1v) is 7.40. The molecule has 4 heteroatoms. The minimum atomic E-state index is -0.0156. The third-order valence-electron chi connectivity index (χ3n) is 2.38. The molecule has 1 heterocycles. The molecular formula is C15H22N2OS. The van der Waals surface area contributed by atoms with E-state index in [0.29, 0.717) is 0 Å². The summed E-state index contributed by atoms with van der Waals surface area (Å²) in [4.78, 5) is 18.1. The third kappa shape index (κ3) is 5.07. The molecule has 0 fully saturated rings. The number of carbonyl (C=O) groups is 1. The molecule has 1 rings (SSSR count). The third-order valence-corrected chi connectivity index (χ3v) is 3.44. The fraction of sp³-hybridized carbons (Fsp3) is 0.467. The highest BCUT2D eigenvalue weighted by atomic mass is 32.2. The van der Waals surface area contributed by atoms with Gasteiger partial charge in [0.1, 0.15) is 0 Å². The van der Waals surface area contributed by atoms with Gasteiger partial charge < -0.3 is 0 Å². The molecule has 1 amide bonds. The highest BCUT2D eigenvalue weighted by Gasteiger charge is 2.21. The number of aliphatic imine (C=N–C) groups is 1. The highest BCUT2D eigenvalue weighted by Crippen LogP contribution is 2.22. The quantitative estimate of drug-likeness (QED) is 0.736. The van der Waals surface area contributed by atoms with Gasteiger partial charge in [0.25, 0.3) is 0 Å². The normalized spacial score (nSPS) is 15.6. The zero-order chi connectivity index (χ0) is 14.4. The number of amidine groups is 1.